The highest BCUT2D eigenvalue weighted by Crippen LogP contribution is 2.43. The molecule has 2 aliphatic heterocycles. The number of fused-ring (bicyclic) bond motifs is 1. The van der Waals surface area contributed by atoms with Crippen molar-refractivity contribution < 1.29 is 19.2 Å². The van der Waals surface area contributed by atoms with E-state index in [1.807, 2.05) is 6.07 Å². The van der Waals surface area contributed by atoms with Crippen LogP contribution in [-0.2, 0) is 20.9 Å². The topological polar surface area (TPSA) is 103 Å². The van der Waals surface area contributed by atoms with Gasteiger partial charge in [-0.15, -0.1) is 0 Å². The molecule has 1 amide bonds. The summed E-state index contributed by atoms with van der Waals surface area (Å²) in [4.78, 5) is 40.9. The van der Waals surface area contributed by atoms with Gasteiger partial charge in [-0.3, -0.25) is 19.9 Å². The van der Waals surface area contributed by atoms with Crippen LogP contribution in [0.5, 0.6) is 0 Å². The number of hydrogen-bond donors (Lipinski definition) is 0. The number of nitrogens with zero attached hydrogens (tertiary/aromatic N) is 3. The van der Waals surface area contributed by atoms with E-state index in [2.05, 4.69) is 4.98 Å². The third-order valence-electron chi connectivity index (χ3n) is 4.76. The van der Waals surface area contributed by atoms with Gasteiger partial charge in [0.05, 0.1) is 16.5 Å². The van der Waals surface area contributed by atoms with Crippen molar-refractivity contribution in [3.8, 4) is 0 Å². The van der Waals surface area contributed by atoms with Gasteiger partial charge in [-0.25, -0.2) is 4.79 Å². The van der Waals surface area contributed by atoms with Crippen LogP contribution in [0.15, 0.2) is 54.5 Å². The van der Waals surface area contributed by atoms with Gasteiger partial charge in [0, 0.05) is 24.9 Å². The molecule has 0 unspecified atom stereocenters. The van der Waals surface area contributed by atoms with Crippen molar-refractivity contribution in [2.75, 3.05) is 0 Å². The van der Waals surface area contributed by atoms with E-state index < -0.39 is 10.9 Å². The Labute approximate surface area is 154 Å². The number of rotatable bonds is 5. The molecule has 0 spiro atoms. The zero-order chi connectivity index (χ0) is 19.0. The van der Waals surface area contributed by atoms with Crippen LogP contribution in [0, 0.1) is 10.1 Å². The molecule has 0 bridgehead atoms. The minimum Gasteiger partial charge on any atom is -0.456 e. The van der Waals surface area contributed by atoms with E-state index in [0.29, 0.717) is 24.0 Å². The first-order chi connectivity index (χ1) is 13.1. The quantitative estimate of drug-likeness (QED) is 0.349. The Morgan fingerprint density at radius 1 is 1.26 bits per heavy atom. The Balaban J connectivity index is 1.61. The highest BCUT2D eigenvalue weighted by molar-refractivity contribution is 6.05. The van der Waals surface area contributed by atoms with Crippen LogP contribution in [-0.4, -0.2) is 32.7 Å². The number of para-hydroxylation sites is 1. The molecule has 0 radical (unpaired) electrons. The smallest absolute Gasteiger partial charge is 0.355 e. The fraction of sp³-hybridized carbons (Fsp3) is 0.211. The number of amides is 1. The molecule has 0 N–H and O–H groups in total. The molecule has 2 aliphatic rings. The van der Waals surface area contributed by atoms with Crippen molar-refractivity contribution in [2.45, 2.75) is 25.5 Å². The average molecular weight is 365 g/mol. The van der Waals surface area contributed by atoms with Crippen molar-refractivity contribution >= 4 is 23.1 Å². The maximum atomic E-state index is 12.8. The Morgan fingerprint density at radius 2 is 2.07 bits per heavy atom. The second-order valence-electron chi connectivity index (χ2n) is 6.36. The van der Waals surface area contributed by atoms with Crippen LogP contribution in [0.25, 0.3) is 5.57 Å². The van der Waals surface area contributed by atoms with Crippen LogP contribution < -0.4 is 0 Å². The first-order valence-corrected chi connectivity index (χ1v) is 8.41. The van der Waals surface area contributed by atoms with Crippen LogP contribution >= 0.6 is 0 Å². The van der Waals surface area contributed by atoms with Crippen LogP contribution in [0.3, 0.4) is 0 Å². The number of carbonyl (C=O) groups excluding carboxylic acids is 2. The molecule has 4 rings (SSSR count). The van der Waals surface area contributed by atoms with Gasteiger partial charge in [0.25, 0.3) is 5.69 Å². The Bertz CT molecular complexity index is 970. The molecule has 8 nitrogen and oxygen atoms in total. The van der Waals surface area contributed by atoms with Gasteiger partial charge in [0.2, 0.25) is 5.91 Å². The fourth-order valence-corrected chi connectivity index (χ4v) is 3.47. The van der Waals surface area contributed by atoms with Crippen molar-refractivity contribution in [2.24, 2.45) is 0 Å². The molecular formula is C19H15N3O5. The molecule has 27 heavy (non-hydrogen) atoms. The lowest BCUT2D eigenvalue weighted by atomic mass is 9.98. The zero-order valence-corrected chi connectivity index (χ0v) is 14.2. The average Bonchev–Trinajstić information content (AvgIpc) is 3.00. The van der Waals surface area contributed by atoms with Gasteiger partial charge < -0.3 is 9.64 Å². The lowest BCUT2D eigenvalue weighted by molar-refractivity contribution is -0.385. The van der Waals surface area contributed by atoms with E-state index >= 15 is 0 Å². The number of nitro benzene ring substituents is 1. The maximum absolute atomic E-state index is 12.8. The van der Waals surface area contributed by atoms with Gasteiger partial charge in [-0.2, -0.15) is 0 Å². The van der Waals surface area contributed by atoms with Crippen LogP contribution in [0.2, 0.25) is 0 Å². The summed E-state index contributed by atoms with van der Waals surface area (Å²) in [5.74, 6) is -0.793. The number of nitro groups is 1. The summed E-state index contributed by atoms with van der Waals surface area (Å²) < 4.78 is 5.34. The third kappa shape index (κ3) is 2.95. The molecule has 1 aromatic heterocycles. The maximum Gasteiger partial charge on any atom is 0.355 e. The van der Waals surface area contributed by atoms with E-state index in [1.165, 1.54) is 17.0 Å². The van der Waals surface area contributed by atoms with Gasteiger partial charge in [-0.1, -0.05) is 18.2 Å². The summed E-state index contributed by atoms with van der Waals surface area (Å²) in [5.41, 5.74) is 1.87. The van der Waals surface area contributed by atoms with Crippen molar-refractivity contribution in [1.29, 1.82) is 0 Å². The largest absolute Gasteiger partial charge is 0.456 e. The third-order valence-corrected chi connectivity index (χ3v) is 4.76. The highest BCUT2D eigenvalue weighted by Gasteiger charge is 2.48. The second kappa shape index (κ2) is 6.64. The summed E-state index contributed by atoms with van der Waals surface area (Å²) in [5, 5.41) is 11.1. The van der Waals surface area contributed by atoms with E-state index in [4.69, 9.17) is 4.74 Å². The first kappa shape index (κ1) is 16.9. The van der Waals surface area contributed by atoms with Crippen LogP contribution in [0.4, 0.5) is 5.69 Å². The van der Waals surface area contributed by atoms with Crippen molar-refractivity contribution in [3.63, 3.8) is 0 Å². The Hall–Kier alpha value is -3.55. The molecule has 0 aliphatic carbocycles. The molecule has 3 heterocycles. The number of hydrogen-bond acceptors (Lipinski definition) is 6. The zero-order valence-electron chi connectivity index (χ0n) is 14.2. The minimum absolute atomic E-state index is 0.0404. The lowest BCUT2D eigenvalue weighted by Gasteiger charge is -2.35. The highest BCUT2D eigenvalue weighted by atomic mass is 16.6. The summed E-state index contributed by atoms with van der Waals surface area (Å²) in [6, 6.07) is 9.63. The SMILES string of the molecule is O=C(OCc1ccccc1[N+](=O)[O-])C1=C(c2cccnc2)C[C@@H]2CC(=O)N12. The monoisotopic (exact) mass is 365 g/mol. The number of ether oxygens (including phenoxy) is 1. The summed E-state index contributed by atoms with van der Waals surface area (Å²) >= 11 is 0. The predicted octanol–water partition coefficient (Wildman–Crippen LogP) is 2.45. The van der Waals surface area contributed by atoms with Crippen molar-refractivity contribution in [1.82, 2.24) is 9.88 Å². The van der Waals surface area contributed by atoms with Crippen molar-refractivity contribution in [3.05, 3.63) is 75.7 Å². The lowest BCUT2D eigenvalue weighted by Crippen LogP contribution is -2.49. The molecule has 1 aromatic carbocycles. The Morgan fingerprint density at radius 3 is 2.78 bits per heavy atom. The van der Waals surface area contributed by atoms with E-state index in [-0.39, 0.29) is 29.9 Å². The molecule has 2 aromatic rings. The molecule has 136 valence electrons. The van der Waals surface area contributed by atoms with E-state index in [1.54, 1.807) is 30.6 Å². The van der Waals surface area contributed by atoms with Gasteiger partial charge in [0.1, 0.15) is 12.3 Å². The molecule has 1 fully saturated rings. The standard InChI is InChI=1S/C19H15N3O5/c23-17-9-14-8-15(12-5-3-7-20-10-12)18(21(14)17)19(24)27-11-13-4-1-2-6-16(13)22(25)26/h1-7,10,14H,8-9,11H2/t14-/m1/s1. The van der Waals surface area contributed by atoms with E-state index in [9.17, 15) is 19.7 Å². The number of benzene rings is 1. The molecule has 0 saturated carbocycles. The predicted molar refractivity (Wildman–Crippen MR) is 93.9 cm³/mol. The molecule has 8 heteroatoms. The molecule has 1 saturated heterocycles. The molecular weight excluding hydrogens is 350 g/mol. The van der Waals surface area contributed by atoms with Gasteiger partial charge in [0.15, 0.2) is 0 Å². The molecule has 1 atom stereocenters. The van der Waals surface area contributed by atoms with Crippen LogP contribution in [0.1, 0.15) is 24.0 Å². The van der Waals surface area contributed by atoms with Gasteiger partial charge in [-0.05, 0) is 29.7 Å². The summed E-state index contributed by atoms with van der Waals surface area (Å²) in [6.45, 7) is -0.244. The number of esters is 1. The number of pyridine rings is 1. The first-order valence-electron chi connectivity index (χ1n) is 8.41. The van der Waals surface area contributed by atoms with E-state index in [0.717, 1.165) is 5.56 Å². The van der Waals surface area contributed by atoms with Gasteiger partial charge >= 0.3 is 5.97 Å². The normalized spacial score (nSPS) is 18.1. The summed E-state index contributed by atoms with van der Waals surface area (Å²) in [7, 11) is 0. The fourth-order valence-electron chi connectivity index (χ4n) is 3.47. The number of carbonyl (C=O) groups is 2. The Kier molecular flexibility index (Phi) is 4.15. The number of β-lactam (4-membered cyclic amide) rings is 1. The number of aromatic nitrogens is 1. The minimum atomic E-state index is -0.664. The second-order valence-corrected chi connectivity index (χ2v) is 6.36. The summed E-state index contributed by atoms with van der Waals surface area (Å²) in [6.07, 6.45) is 4.23.